The second-order valence-corrected chi connectivity index (χ2v) is 13.2. The van der Waals surface area contributed by atoms with E-state index in [1.807, 2.05) is 44.6 Å². The van der Waals surface area contributed by atoms with Crippen LogP contribution in [0.15, 0.2) is 48.7 Å². The number of hydrogen-bond donors (Lipinski definition) is 1. The lowest BCUT2D eigenvalue weighted by molar-refractivity contribution is 0.296. The lowest BCUT2D eigenvalue weighted by atomic mass is 10.0. The molecule has 5 aromatic rings. The summed E-state index contributed by atoms with van der Waals surface area (Å²) in [4.78, 5) is 14.9. The number of aromatic nitrogens is 4. The van der Waals surface area contributed by atoms with Crippen LogP contribution in [0.1, 0.15) is 40.8 Å². The number of para-hydroxylation sites is 1. The average Bonchev–Trinajstić information content (AvgIpc) is 3.64. The number of hydrogen-bond acceptors (Lipinski definition) is 10. The third-order valence-electron chi connectivity index (χ3n) is 7.57. The smallest absolute Gasteiger partial charge is 0.191 e. The molecule has 0 atom stereocenters. The van der Waals surface area contributed by atoms with Crippen molar-refractivity contribution in [3.63, 3.8) is 0 Å². The third kappa shape index (κ3) is 6.95. The van der Waals surface area contributed by atoms with Gasteiger partial charge in [-0.2, -0.15) is 0 Å². The maximum atomic E-state index is 14.6. The normalized spacial score (nSPS) is 13.1. The molecule has 224 valence electrons. The molecule has 8 nitrogen and oxygen atoms in total. The Morgan fingerprint density at radius 3 is 2.79 bits per heavy atom. The summed E-state index contributed by atoms with van der Waals surface area (Å²) in [6, 6.07) is 13.4. The molecule has 0 saturated carbocycles. The van der Waals surface area contributed by atoms with Crippen LogP contribution in [0.5, 0.6) is 5.75 Å². The molecule has 0 amide bonds. The Hall–Kier alpha value is -3.67. The van der Waals surface area contributed by atoms with Gasteiger partial charge in [0.1, 0.15) is 0 Å². The molecule has 0 radical (unpaired) electrons. The molecular formula is C32H36FN7OS2. The van der Waals surface area contributed by atoms with E-state index in [2.05, 4.69) is 43.3 Å². The highest BCUT2D eigenvalue weighted by molar-refractivity contribution is 7.22. The van der Waals surface area contributed by atoms with E-state index >= 15 is 0 Å². The van der Waals surface area contributed by atoms with Crippen LogP contribution in [0.3, 0.4) is 0 Å². The van der Waals surface area contributed by atoms with Gasteiger partial charge in [-0.15, -0.1) is 21.5 Å². The van der Waals surface area contributed by atoms with Crippen molar-refractivity contribution in [2.45, 2.75) is 45.4 Å². The summed E-state index contributed by atoms with van der Waals surface area (Å²) in [7, 11) is 4.10. The number of nitrogens with one attached hydrogen (secondary N) is 1. The monoisotopic (exact) mass is 617 g/mol. The number of ether oxygens (including phenoxy) is 1. The Morgan fingerprint density at radius 2 is 1.95 bits per heavy atom. The van der Waals surface area contributed by atoms with Crippen LogP contribution in [-0.2, 0) is 19.3 Å². The molecule has 1 aliphatic rings. The van der Waals surface area contributed by atoms with Crippen LogP contribution in [0.4, 0.5) is 26.3 Å². The maximum Gasteiger partial charge on any atom is 0.191 e. The summed E-state index contributed by atoms with van der Waals surface area (Å²) in [6.07, 6.45) is 7.36. The summed E-state index contributed by atoms with van der Waals surface area (Å²) in [5.41, 5.74) is 4.27. The molecule has 4 heterocycles. The predicted octanol–water partition coefficient (Wildman–Crippen LogP) is 7.32. The summed E-state index contributed by atoms with van der Waals surface area (Å²) in [6.45, 7) is 4.39. The molecule has 6 rings (SSSR count). The third-order valence-corrected chi connectivity index (χ3v) is 9.60. The lowest BCUT2D eigenvalue weighted by Gasteiger charge is -2.28. The Bertz CT molecular complexity index is 1670. The molecule has 0 spiro atoms. The van der Waals surface area contributed by atoms with E-state index in [-0.39, 0.29) is 5.82 Å². The van der Waals surface area contributed by atoms with Gasteiger partial charge >= 0.3 is 0 Å². The topological polar surface area (TPSA) is 79.3 Å². The zero-order valence-corrected chi connectivity index (χ0v) is 26.4. The van der Waals surface area contributed by atoms with E-state index in [9.17, 15) is 4.39 Å². The van der Waals surface area contributed by atoms with Gasteiger partial charge in [0.25, 0.3) is 0 Å². The minimum Gasteiger partial charge on any atom is -0.491 e. The number of halogens is 1. The second-order valence-electron chi connectivity index (χ2n) is 11.1. The van der Waals surface area contributed by atoms with Crippen molar-refractivity contribution in [2.24, 2.45) is 0 Å². The van der Waals surface area contributed by atoms with Gasteiger partial charge in [-0.25, -0.2) is 14.4 Å². The standard InChI is InChI=1S/C32H36FN7OS2/c1-21-24-11-7-17-40(30(24)38-37-29(21)36-31-35-26-12-4-5-13-28(26)43-31)32-34-20-23(42-32)10-8-18-41-27-15-14-22(19-25(27)33)9-6-16-39(2)3/h4-5,12-15,19-20H,6-11,16-18H2,1-3H3,(H,35,36,37). The fourth-order valence-electron chi connectivity index (χ4n) is 5.29. The van der Waals surface area contributed by atoms with Crippen molar-refractivity contribution in [3.8, 4) is 5.75 Å². The molecule has 0 bridgehead atoms. The summed E-state index contributed by atoms with van der Waals surface area (Å²) < 4.78 is 21.5. The molecule has 2 aromatic carbocycles. The first-order chi connectivity index (χ1) is 20.9. The number of fused-ring (bicyclic) bond motifs is 2. The Morgan fingerprint density at radius 1 is 1.07 bits per heavy atom. The molecule has 0 saturated heterocycles. The van der Waals surface area contributed by atoms with E-state index in [1.54, 1.807) is 34.8 Å². The predicted molar refractivity (Wildman–Crippen MR) is 174 cm³/mol. The second kappa shape index (κ2) is 13.3. The van der Waals surface area contributed by atoms with Gasteiger partial charge in [-0.05, 0) is 95.9 Å². The zero-order chi connectivity index (χ0) is 29.8. The van der Waals surface area contributed by atoms with Crippen LogP contribution >= 0.6 is 22.7 Å². The Labute approximate surface area is 259 Å². The number of anilines is 4. The van der Waals surface area contributed by atoms with Gasteiger partial charge in [0.15, 0.2) is 33.5 Å². The van der Waals surface area contributed by atoms with Crippen molar-refractivity contribution in [1.29, 1.82) is 0 Å². The fourth-order valence-corrected chi connectivity index (χ4v) is 7.14. The molecule has 1 aliphatic heterocycles. The quantitative estimate of drug-likeness (QED) is 0.146. The molecular weight excluding hydrogens is 582 g/mol. The SMILES string of the molecule is Cc1c(Nc2nc3ccccc3s2)nnc2c1CCCN2c1ncc(CCCOc2ccc(CCCN(C)C)cc2F)s1. The van der Waals surface area contributed by atoms with Gasteiger partial charge in [0.05, 0.1) is 16.8 Å². The highest BCUT2D eigenvalue weighted by Crippen LogP contribution is 2.38. The number of aryl methyl sites for hydroxylation is 2. The van der Waals surface area contributed by atoms with Gasteiger partial charge in [0.2, 0.25) is 0 Å². The summed E-state index contributed by atoms with van der Waals surface area (Å²) in [5.74, 6) is 1.65. The highest BCUT2D eigenvalue weighted by atomic mass is 32.1. The van der Waals surface area contributed by atoms with Crippen molar-refractivity contribution in [2.75, 3.05) is 44.0 Å². The van der Waals surface area contributed by atoms with Gasteiger partial charge in [0, 0.05) is 28.7 Å². The van der Waals surface area contributed by atoms with Crippen molar-refractivity contribution < 1.29 is 9.13 Å². The molecule has 0 aliphatic carbocycles. The van der Waals surface area contributed by atoms with Crippen LogP contribution < -0.4 is 15.0 Å². The fraction of sp³-hybridized carbons (Fsp3) is 0.375. The summed E-state index contributed by atoms with van der Waals surface area (Å²) >= 11 is 3.28. The van der Waals surface area contributed by atoms with Crippen LogP contribution in [-0.4, -0.2) is 58.9 Å². The number of benzene rings is 2. The van der Waals surface area contributed by atoms with E-state index < -0.39 is 0 Å². The first-order valence-electron chi connectivity index (χ1n) is 14.7. The van der Waals surface area contributed by atoms with Crippen LogP contribution in [0, 0.1) is 12.7 Å². The number of nitrogens with zero attached hydrogens (tertiary/aromatic N) is 6. The first kappa shape index (κ1) is 29.4. The van der Waals surface area contributed by atoms with E-state index in [4.69, 9.17) is 9.72 Å². The van der Waals surface area contributed by atoms with Crippen LogP contribution in [0.25, 0.3) is 10.2 Å². The molecule has 0 unspecified atom stereocenters. The van der Waals surface area contributed by atoms with E-state index in [0.717, 1.165) is 94.9 Å². The molecule has 0 fully saturated rings. The lowest BCUT2D eigenvalue weighted by Crippen LogP contribution is -2.27. The van der Waals surface area contributed by atoms with Crippen molar-refractivity contribution in [3.05, 3.63) is 76.0 Å². The van der Waals surface area contributed by atoms with E-state index in [0.29, 0.717) is 12.4 Å². The molecule has 1 N–H and O–H groups in total. The molecule has 3 aromatic heterocycles. The Balaban J connectivity index is 1.05. The van der Waals surface area contributed by atoms with E-state index in [1.165, 1.54) is 10.4 Å². The number of thiazole rings is 2. The van der Waals surface area contributed by atoms with Gasteiger partial charge in [-0.1, -0.05) is 29.5 Å². The first-order valence-corrected chi connectivity index (χ1v) is 16.3. The Kier molecular flexibility index (Phi) is 9.11. The largest absolute Gasteiger partial charge is 0.491 e. The minimum atomic E-state index is -0.291. The number of rotatable bonds is 12. The minimum absolute atomic E-state index is 0.291. The highest BCUT2D eigenvalue weighted by Gasteiger charge is 2.26. The van der Waals surface area contributed by atoms with Crippen LogP contribution in [0.2, 0.25) is 0 Å². The van der Waals surface area contributed by atoms with Crippen molar-refractivity contribution >= 4 is 54.8 Å². The molecule has 43 heavy (non-hydrogen) atoms. The van der Waals surface area contributed by atoms with Crippen molar-refractivity contribution in [1.82, 2.24) is 25.1 Å². The zero-order valence-electron chi connectivity index (χ0n) is 24.8. The summed E-state index contributed by atoms with van der Waals surface area (Å²) in [5, 5.41) is 14.3. The van der Waals surface area contributed by atoms with Gasteiger partial charge < -0.3 is 19.9 Å². The average molecular weight is 618 g/mol. The maximum absolute atomic E-state index is 14.6. The molecule has 11 heteroatoms. The van der Waals surface area contributed by atoms with Gasteiger partial charge in [-0.3, -0.25) is 0 Å².